The molecule has 0 amide bonds. The minimum atomic E-state index is -0.103. The van der Waals surface area contributed by atoms with E-state index in [1.54, 1.807) is 40.3 Å². The second kappa shape index (κ2) is 7.37. The first kappa shape index (κ1) is 19.0. The van der Waals surface area contributed by atoms with E-state index in [2.05, 4.69) is 15.4 Å². The van der Waals surface area contributed by atoms with Crippen LogP contribution >= 0.6 is 0 Å². The molecule has 0 unspecified atom stereocenters. The molecule has 9 nitrogen and oxygen atoms in total. The average molecular weight is 409 g/mol. The molecule has 3 aromatic heterocycles. The Morgan fingerprint density at radius 2 is 1.83 bits per heavy atom. The smallest absolute Gasteiger partial charge is 0.267 e. The van der Waals surface area contributed by atoms with Crippen molar-refractivity contribution in [1.29, 1.82) is 0 Å². The van der Waals surface area contributed by atoms with E-state index in [4.69, 9.17) is 5.10 Å². The summed E-state index contributed by atoms with van der Waals surface area (Å²) in [6.07, 6.45) is 9.37. The summed E-state index contributed by atoms with van der Waals surface area (Å²) in [4.78, 5) is 29.8. The quantitative estimate of drug-likeness (QED) is 0.707. The fraction of sp³-hybridized carbons (Fsp3) is 0.571. The van der Waals surface area contributed by atoms with Crippen LogP contribution in [0.1, 0.15) is 55.8 Å². The van der Waals surface area contributed by atoms with Gasteiger partial charge in [0.2, 0.25) is 5.95 Å². The Morgan fingerprint density at radius 1 is 1.07 bits per heavy atom. The summed E-state index contributed by atoms with van der Waals surface area (Å²) in [5, 5.41) is 12.8. The highest BCUT2D eigenvalue weighted by Gasteiger charge is 2.26. The molecular formula is C21H27N7O2. The molecule has 2 aliphatic rings. The maximum Gasteiger partial charge on any atom is 0.267 e. The van der Waals surface area contributed by atoms with E-state index in [1.807, 2.05) is 0 Å². The lowest BCUT2D eigenvalue weighted by Gasteiger charge is -2.30. The van der Waals surface area contributed by atoms with Crippen molar-refractivity contribution in [1.82, 2.24) is 29.1 Å². The van der Waals surface area contributed by atoms with Crippen molar-refractivity contribution in [3.63, 3.8) is 0 Å². The Bertz CT molecular complexity index is 1210. The molecule has 3 heterocycles. The average Bonchev–Trinajstić information content (AvgIpc) is 3.12. The van der Waals surface area contributed by atoms with Crippen LogP contribution in [-0.4, -0.2) is 35.2 Å². The molecule has 0 atom stereocenters. The van der Waals surface area contributed by atoms with Crippen LogP contribution in [0.5, 0.6) is 0 Å². The van der Waals surface area contributed by atoms with Crippen LogP contribution in [0.3, 0.4) is 0 Å². The molecule has 0 spiro atoms. The van der Waals surface area contributed by atoms with Crippen LogP contribution in [-0.2, 0) is 26.9 Å². The normalized spacial score (nSPS) is 21.5. The lowest BCUT2D eigenvalue weighted by Crippen LogP contribution is -2.35. The van der Waals surface area contributed by atoms with Crippen molar-refractivity contribution in [2.24, 2.45) is 14.1 Å². The fourth-order valence-corrected chi connectivity index (χ4v) is 4.78. The molecule has 3 aromatic rings. The van der Waals surface area contributed by atoms with Gasteiger partial charge in [-0.2, -0.15) is 15.2 Å². The van der Waals surface area contributed by atoms with Crippen LogP contribution in [0, 0.1) is 0 Å². The van der Waals surface area contributed by atoms with Gasteiger partial charge in [-0.15, -0.1) is 0 Å². The summed E-state index contributed by atoms with van der Waals surface area (Å²) >= 11 is 0. The Labute approximate surface area is 173 Å². The zero-order chi connectivity index (χ0) is 20.8. The van der Waals surface area contributed by atoms with E-state index in [0.29, 0.717) is 17.0 Å². The van der Waals surface area contributed by atoms with Gasteiger partial charge in [-0.05, 0) is 56.9 Å². The van der Waals surface area contributed by atoms with Crippen LogP contribution < -0.4 is 16.4 Å². The van der Waals surface area contributed by atoms with Gasteiger partial charge in [0.1, 0.15) is 5.39 Å². The van der Waals surface area contributed by atoms with Crippen molar-refractivity contribution < 1.29 is 0 Å². The molecule has 1 fully saturated rings. The van der Waals surface area contributed by atoms with Gasteiger partial charge in [0.25, 0.3) is 11.1 Å². The predicted molar refractivity (Wildman–Crippen MR) is 114 cm³/mol. The molecule has 158 valence electrons. The zero-order valence-electron chi connectivity index (χ0n) is 17.5. The van der Waals surface area contributed by atoms with Gasteiger partial charge >= 0.3 is 0 Å². The Balaban J connectivity index is 1.32. The molecule has 30 heavy (non-hydrogen) atoms. The van der Waals surface area contributed by atoms with Crippen LogP contribution in [0.2, 0.25) is 0 Å². The molecule has 0 bridgehead atoms. The number of aryl methyl sites for hydroxylation is 3. The number of hydrogen-bond donors (Lipinski definition) is 1. The lowest BCUT2D eigenvalue weighted by molar-refractivity contribution is 0.299. The molecule has 0 radical (unpaired) electrons. The number of nitrogens with one attached hydrogen (secondary N) is 1. The molecule has 2 aliphatic carbocycles. The first-order chi connectivity index (χ1) is 14.5. The Morgan fingerprint density at radius 3 is 2.63 bits per heavy atom. The van der Waals surface area contributed by atoms with Gasteiger partial charge in [0, 0.05) is 26.2 Å². The van der Waals surface area contributed by atoms with Crippen molar-refractivity contribution in [2.45, 2.75) is 63.5 Å². The highest BCUT2D eigenvalue weighted by Crippen LogP contribution is 2.29. The summed E-state index contributed by atoms with van der Waals surface area (Å²) in [6, 6.07) is 2.15. The summed E-state index contributed by atoms with van der Waals surface area (Å²) < 4.78 is 4.88. The number of rotatable bonds is 3. The monoisotopic (exact) mass is 409 g/mol. The second-order valence-corrected chi connectivity index (χ2v) is 8.56. The van der Waals surface area contributed by atoms with Gasteiger partial charge < -0.3 is 5.32 Å². The SMILES string of the molecule is Cn1c(NC2CCC(n3nc4c(cc3=O)CCCC4)CC2)nc2c(cnn2C)c1=O. The van der Waals surface area contributed by atoms with Crippen molar-refractivity contribution in [3.8, 4) is 0 Å². The lowest BCUT2D eigenvalue weighted by atomic mass is 9.91. The predicted octanol–water partition coefficient (Wildman–Crippen LogP) is 1.70. The van der Waals surface area contributed by atoms with E-state index in [0.717, 1.165) is 62.6 Å². The number of fused-ring (bicyclic) bond motifs is 2. The standard InChI is InChI=1S/C21H27N7O2/c1-26-20(30)16-12-22-27(2)19(16)24-21(26)23-14-7-9-15(10-8-14)28-18(29)11-13-5-3-4-6-17(13)25-28/h11-12,14-15H,3-10H2,1-2H3,(H,23,24). The summed E-state index contributed by atoms with van der Waals surface area (Å²) in [5.74, 6) is 0.559. The van der Waals surface area contributed by atoms with E-state index in [1.165, 1.54) is 0 Å². The van der Waals surface area contributed by atoms with Gasteiger partial charge in [-0.1, -0.05) is 0 Å². The molecule has 1 saturated carbocycles. The number of nitrogens with zero attached hydrogens (tertiary/aromatic N) is 6. The molecule has 0 aromatic carbocycles. The summed E-state index contributed by atoms with van der Waals surface area (Å²) in [7, 11) is 3.51. The summed E-state index contributed by atoms with van der Waals surface area (Å²) in [5.41, 5.74) is 2.74. The maximum atomic E-state index is 12.6. The van der Waals surface area contributed by atoms with E-state index in [-0.39, 0.29) is 23.2 Å². The largest absolute Gasteiger partial charge is 0.353 e. The molecule has 0 saturated heterocycles. The molecular weight excluding hydrogens is 382 g/mol. The fourth-order valence-electron chi connectivity index (χ4n) is 4.78. The third kappa shape index (κ3) is 3.22. The van der Waals surface area contributed by atoms with Crippen molar-refractivity contribution >= 4 is 17.0 Å². The highest BCUT2D eigenvalue weighted by molar-refractivity contribution is 5.74. The number of anilines is 1. The molecule has 5 rings (SSSR count). The molecule has 0 aliphatic heterocycles. The maximum absolute atomic E-state index is 12.6. The molecule has 1 N–H and O–H groups in total. The van der Waals surface area contributed by atoms with Crippen LogP contribution in [0.15, 0.2) is 21.9 Å². The van der Waals surface area contributed by atoms with E-state index in [9.17, 15) is 9.59 Å². The Kier molecular flexibility index (Phi) is 4.67. The van der Waals surface area contributed by atoms with E-state index < -0.39 is 0 Å². The van der Waals surface area contributed by atoms with Gasteiger partial charge in [-0.3, -0.25) is 18.8 Å². The third-order valence-electron chi connectivity index (χ3n) is 6.58. The first-order valence-electron chi connectivity index (χ1n) is 10.8. The minimum Gasteiger partial charge on any atom is -0.353 e. The minimum absolute atomic E-state index is 0.0257. The van der Waals surface area contributed by atoms with Crippen molar-refractivity contribution in [2.75, 3.05) is 5.32 Å². The van der Waals surface area contributed by atoms with Crippen LogP contribution in [0.25, 0.3) is 11.0 Å². The second-order valence-electron chi connectivity index (χ2n) is 8.56. The van der Waals surface area contributed by atoms with E-state index >= 15 is 0 Å². The number of aromatic nitrogens is 6. The molecule has 9 heteroatoms. The first-order valence-corrected chi connectivity index (χ1v) is 10.8. The summed E-state index contributed by atoms with van der Waals surface area (Å²) in [6.45, 7) is 0. The van der Waals surface area contributed by atoms with Gasteiger partial charge in [-0.25, -0.2) is 4.68 Å². The van der Waals surface area contributed by atoms with Gasteiger partial charge in [0.15, 0.2) is 5.65 Å². The van der Waals surface area contributed by atoms with Crippen molar-refractivity contribution in [3.05, 3.63) is 44.2 Å². The van der Waals surface area contributed by atoms with Gasteiger partial charge in [0.05, 0.1) is 17.9 Å². The Hall–Kier alpha value is -2.97. The van der Waals surface area contributed by atoms with Crippen LogP contribution in [0.4, 0.5) is 5.95 Å². The topological polar surface area (TPSA) is 99.6 Å². The highest BCUT2D eigenvalue weighted by atomic mass is 16.1. The zero-order valence-corrected chi connectivity index (χ0v) is 17.5. The third-order valence-corrected chi connectivity index (χ3v) is 6.58. The number of hydrogen-bond acceptors (Lipinski definition) is 6.